The smallest absolute Gasteiger partial charge is 0.228 e. The summed E-state index contributed by atoms with van der Waals surface area (Å²) >= 11 is 1.77. The quantitative estimate of drug-likeness (QED) is 0.522. The Morgan fingerprint density at radius 2 is 1.97 bits per heavy atom. The van der Waals surface area contributed by atoms with Crippen LogP contribution in [0.1, 0.15) is 47.0 Å². The van der Waals surface area contributed by atoms with Crippen molar-refractivity contribution < 1.29 is 9.53 Å². The third-order valence-corrected chi connectivity index (χ3v) is 9.08. The Balaban J connectivity index is 1.03. The van der Waals surface area contributed by atoms with Crippen LogP contribution in [-0.2, 0) is 17.6 Å². The Morgan fingerprint density at radius 1 is 1.14 bits per heavy atom. The lowest BCUT2D eigenvalue weighted by Crippen LogP contribution is -2.61. The first-order chi connectivity index (χ1) is 17.0. The van der Waals surface area contributed by atoms with Crippen LogP contribution in [0.5, 0.6) is 5.75 Å². The van der Waals surface area contributed by atoms with Crippen LogP contribution in [0.2, 0.25) is 0 Å². The van der Waals surface area contributed by atoms with Gasteiger partial charge in [0.05, 0.1) is 19.7 Å². The molecule has 2 aromatic heterocycles. The Morgan fingerprint density at radius 3 is 2.66 bits per heavy atom. The maximum absolute atomic E-state index is 12.8. The van der Waals surface area contributed by atoms with Crippen LogP contribution in [0.3, 0.4) is 0 Å². The van der Waals surface area contributed by atoms with Crippen molar-refractivity contribution in [2.75, 3.05) is 33.3 Å². The molecular weight excluding hydrogens is 456 g/mol. The summed E-state index contributed by atoms with van der Waals surface area (Å²) in [5, 5.41) is 1.13. The van der Waals surface area contributed by atoms with Crippen molar-refractivity contribution in [1.29, 1.82) is 0 Å². The number of ether oxygens (including phenoxy) is 1. The number of aromatic nitrogens is 2. The number of pyridine rings is 1. The van der Waals surface area contributed by atoms with E-state index in [-0.39, 0.29) is 5.91 Å². The zero-order valence-corrected chi connectivity index (χ0v) is 21.3. The monoisotopic (exact) mass is 488 g/mol. The van der Waals surface area contributed by atoms with Crippen LogP contribution in [0.25, 0.3) is 10.6 Å². The zero-order valence-electron chi connectivity index (χ0n) is 20.5. The van der Waals surface area contributed by atoms with E-state index in [2.05, 4.69) is 40.0 Å². The van der Waals surface area contributed by atoms with Gasteiger partial charge >= 0.3 is 0 Å². The van der Waals surface area contributed by atoms with E-state index in [0.717, 1.165) is 61.9 Å². The van der Waals surface area contributed by atoms with E-state index in [4.69, 9.17) is 4.74 Å². The molecule has 1 atom stereocenters. The highest BCUT2D eigenvalue weighted by Gasteiger charge is 2.48. The Labute approximate surface area is 211 Å². The molecular formula is C28H32N4O2S. The number of piperidine rings is 1. The van der Waals surface area contributed by atoms with Gasteiger partial charge in [0, 0.05) is 54.6 Å². The summed E-state index contributed by atoms with van der Waals surface area (Å²) in [5.41, 5.74) is 5.45. The molecule has 1 unspecified atom stereocenters. The molecule has 0 saturated carbocycles. The predicted octanol–water partition coefficient (Wildman–Crippen LogP) is 4.68. The minimum absolute atomic E-state index is 0.185. The first-order valence-electron chi connectivity index (χ1n) is 12.6. The van der Waals surface area contributed by atoms with Crippen LogP contribution in [0, 0.1) is 12.3 Å². The van der Waals surface area contributed by atoms with Crippen molar-refractivity contribution in [2.45, 2.75) is 45.1 Å². The number of benzene rings is 1. The minimum Gasteiger partial charge on any atom is -0.495 e. The number of thiazole rings is 1. The number of likely N-dealkylation sites (tertiary alicyclic amines) is 2. The second kappa shape index (κ2) is 9.03. The number of nitrogens with zero attached hydrogens (tertiary/aromatic N) is 4. The van der Waals surface area contributed by atoms with Crippen molar-refractivity contribution in [3.63, 3.8) is 0 Å². The van der Waals surface area contributed by atoms with E-state index in [9.17, 15) is 4.79 Å². The Hall–Kier alpha value is -2.77. The topological polar surface area (TPSA) is 58.6 Å². The molecule has 4 heterocycles. The van der Waals surface area contributed by atoms with Crippen molar-refractivity contribution >= 4 is 17.2 Å². The molecule has 1 aromatic carbocycles. The van der Waals surface area contributed by atoms with Crippen molar-refractivity contribution in [3.8, 4) is 16.3 Å². The van der Waals surface area contributed by atoms with E-state index < -0.39 is 0 Å². The molecule has 2 fully saturated rings. The van der Waals surface area contributed by atoms with Crippen molar-refractivity contribution in [2.24, 2.45) is 5.41 Å². The molecule has 2 aliphatic heterocycles. The van der Waals surface area contributed by atoms with Gasteiger partial charge in [0.15, 0.2) is 0 Å². The lowest BCUT2D eigenvalue weighted by Gasteiger charge is -2.56. The summed E-state index contributed by atoms with van der Waals surface area (Å²) in [4.78, 5) is 27.7. The number of fused-ring (bicyclic) bond motifs is 1. The molecule has 1 aliphatic carbocycles. The number of amides is 1. The average molecular weight is 489 g/mol. The third-order valence-electron chi connectivity index (χ3n) is 8.12. The van der Waals surface area contributed by atoms with Gasteiger partial charge in [0.1, 0.15) is 10.8 Å². The summed E-state index contributed by atoms with van der Waals surface area (Å²) in [6, 6.07) is 11.3. The molecule has 3 aromatic rings. The standard InChI is InChI=1S/C28H32N4O2S/c1-19-15-30-27(35-19)21-3-7-24-20(13-21)4-8-25(24)32-17-28(18-32)9-11-31(12-10-28)26(33)14-22-5-6-23(34-2)16-29-22/h3,5-7,13,15-16,25H,4,8-12,14,17-18H2,1-2H3. The van der Waals surface area contributed by atoms with E-state index in [0.29, 0.717) is 17.9 Å². The highest BCUT2D eigenvalue weighted by molar-refractivity contribution is 7.14. The molecule has 0 N–H and O–H groups in total. The van der Waals surface area contributed by atoms with Crippen LogP contribution in [0.4, 0.5) is 0 Å². The molecule has 182 valence electrons. The molecule has 6 rings (SSSR count). The molecule has 1 spiro atoms. The van der Waals surface area contributed by atoms with Gasteiger partial charge in [-0.3, -0.25) is 14.7 Å². The molecule has 35 heavy (non-hydrogen) atoms. The minimum atomic E-state index is 0.185. The fourth-order valence-corrected chi connectivity index (χ4v) is 6.84. The Kier molecular flexibility index (Phi) is 5.85. The largest absolute Gasteiger partial charge is 0.495 e. The normalized spacial score (nSPS) is 21.1. The SMILES string of the molecule is COc1ccc(CC(=O)N2CCC3(CC2)CN(C2CCc4cc(-c5ncc(C)s5)ccc42)C3)nc1. The number of hydrogen-bond donors (Lipinski definition) is 0. The Bertz CT molecular complexity index is 1220. The summed E-state index contributed by atoms with van der Waals surface area (Å²) < 4.78 is 5.16. The summed E-state index contributed by atoms with van der Waals surface area (Å²) in [6.45, 7) is 6.16. The fraction of sp³-hybridized carbons (Fsp3) is 0.464. The first kappa shape index (κ1) is 22.7. The van der Waals surface area contributed by atoms with Gasteiger partial charge in [0.2, 0.25) is 5.91 Å². The van der Waals surface area contributed by atoms with Crippen molar-refractivity contribution in [3.05, 3.63) is 64.4 Å². The second-order valence-corrected chi connectivity index (χ2v) is 11.6. The second-order valence-electron chi connectivity index (χ2n) is 10.4. The van der Waals surface area contributed by atoms with E-state index in [1.54, 1.807) is 24.6 Å². The number of methoxy groups -OCH3 is 1. The van der Waals surface area contributed by atoms with Crippen LogP contribution in [0.15, 0.2) is 42.7 Å². The first-order valence-corrected chi connectivity index (χ1v) is 13.4. The van der Waals surface area contributed by atoms with Gasteiger partial charge in [-0.15, -0.1) is 11.3 Å². The van der Waals surface area contributed by atoms with Gasteiger partial charge in [-0.25, -0.2) is 4.98 Å². The molecule has 6 nitrogen and oxygen atoms in total. The number of carbonyl (C=O) groups is 1. The lowest BCUT2D eigenvalue weighted by atomic mass is 9.71. The molecule has 3 aliphatic rings. The van der Waals surface area contributed by atoms with Crippen LogP contribution < -0.4 is 4.74 Å². The highest BCUT2D eigenvalue weighted by Crippen LogP contribution is 2.48. The summed E-state index contributed by atoms with van der Waals surface area (Å²) in [7, 11) is 1.62. The number of hydrogen-bond acceptors (Lipinski definition) is 6. The predicted molar refractivity (Wildman–Crippen MR) is 138 cm³/mol. The average Bonchev–Trinajstić information content (AvgIpc) is 3.49. The maximum atomic E-state index is 12.8. The zero-order chi connectivity index (χ0) is 24.0. The molecule has 0 bridgehead atoms. The summed E-state index contributed by atoms with van der Waals surface area (Å²) in [5.74, 6) is 0.903. The fourth-order valence-electron chi connectivity index (χ4n) is 6.08. The van der Waals surface area contributed by atoms with Crippen LogP contribution in [-0.4, -0.2) is 59.0 Å². The number of rotatable bonds is 5. The molecule has 1 amide bonds. The van der Waals surface area contributed by atoms with Gasteiger partial charge < -0.3 is 9.64 Å². The van der Waals surface area contributed by atoms with E-state index in [1.807, 2.05) is 23.2 Å². The van der Waals surface area contributed by atoms with E-state index in [1.165, 1.54) is 28.0 Å². The van der Waals surface area contributed by atoms with Crippen molar-refractivity contribution in [1.82, 2.24) is 19.8 Å². The third kappa shape index (κ3) is 4.36. The van der Waals surface area contributed by atoms with Gasteiger partial charge in [-0.1, -0.05) is 12.1 Å². The van der Waals surface area contributed by atoms with Crippen LogP contribution >= 0.6 is 11.3 Å². The number of aryl methyl sites for hydroxylation is 2. The van der Waals surface area contributed by atoms with E-state index >= 15 is 0 Å². The van der Waals surface area contributed by atoms with Gasteiger partial charge in [-0.2, -0.15) is 0 Å². The lowest BCUT2D eigenvalue weighted by molar-refractivity contribution is -0.136. The van der Waals surface area contributed by atoms with Gasteiger partial charge in [0.25, 0.3) is 0 Å². The number of carbonyl (C=O) groups excluding carboxylic acids is 1. The molecule has 0 radical (unpaired) electrons. The van der Waals surface area contributed by atoms with Gasteiger partial charge in [-0.05, 0) is 67.3 Å². The molecule has 2 saturated heterocycles. The summed E-state index contributed by atoms with van der Waals surface area (Å²) in [6.07, 6.45) is 8.59. The highest BCUT2D eigenvalue weighted by atomic mass is 32.1. The maximum Gasteiger partial charge on any atom is 0.228 e. The molecule has 7 heteroatoms.